The Balaban J connectivity index is 1.61. The average molecular weight is 571 g/mol. The predicted octanol–water partition coefficient (Wildman–Crippen LogP) is 4.40. The summed E-state index contributed by atoms with van der Waals surface area (Å²) in [5.74, 6) is 5.66. The monoisotopic (exact) mass is 570 g/mol. The number of piperazine rings is 1. The summed E-state index contributed by atoms with van der Waals surface area (Å²) in [5, 5.41) is 8.28. The molecule has 0 aliphatic carbocycles. The first-order valence-electron chi connectivity index (χ1n) is 13.4. The molecule has 0 radical (unpaired) electrons. The zero-order valence-corrected chi connectivity index (χ0v) is 24.0. The van der Waals surface area contributed by atoms with Gasteiger partial charge in [-0.25, -0.2) is 5.84 Å². The van der Waals surface area contributed by atoms with Crippen molar-refractivity contribution in [2.45, 2.75) is 33.9 Å². The van der Waals surface area contributed by atoms with Crippen molar-refractivity contribution in [3.63, 3.8) is 0 Å². The fourth-order valence-corrected chi connectivity index (χ4v) is 5.00. The number of carbonyl (C=O) groups excluding carboxylic acids is 1. The zero-order valence-electron chi connectivity index (χ0n) is 24.0. The number of aryl methyl sites for hydroxylation is 2. The van der Waals surface area contributed by atoms with Crippen LogP contribution in [0.4, 0.5) is 30.2 Å². The largest absolute Gasteiger partial charge is 0.416 e. The fraction of sp³-hybridized carbons (Fsp3) is 0.379. The summed E-state index contributed by atoms with van der Waals surface area (Å²) in [6, 6.07) is 7.55. The van der Waals surface area contributed by atoms with E-state index >= 15 is 0 Å². The van der Waals surface area contributed by atoms with Crippen molar-refractivity contribution in [3.05, 3.63) is 76.2 Å². The first-order chi connectivity index (χ1) is 19.3. The third-order valence-electron chi connectivity index (χ3n) is 7.68. The number of hydrogen-bond acceptors (Lipinski definition) is 7. The first-order valence-corrected chi connectivity index (χ1v) is 13.4. The van der Waals surface area contributed by atoms with Gasteiger partial charge >= 0.3 is 6.18 Å². The molecule has 41 heavy (non-hydrogen) atoms. The number of hydrogen-bond donors (Lipinski definition) is 3. The Kier molecular flexibility index (Phi) is 8.64. The van der Waals surface area contributed by atoms with Crippen LogP contribution in [0, 0.1) is 20.8 Å². The maximum absolute atomic E-state index is 14.0. The molecule has 0 saturated carbocycles. The smallest absolute Gasteiger partial charge is 0.397 e. The van der Waals surface area contributed by atoms with E-state index in [9.17, 15) is 18.0 Å². The summed E-state index contributed by atoms with van der Waals surface area (Å²) >= 11 is 0. The predicted molar refractivity (Wildman–Crippen MR) is 156 cm³/mol. The second-order valence-corrected chi connectivity index (χ2v) is 10.3. The number of likely N-dealkylation sites (N-methyl/N-ethyl adjacent to an activating group) is 1. The molecule has 220 valence electrons. The van der Waals surface area contributed by atoms with Crippen LogP contribution < -0.4 is 26.8 Å². The van der Waals surface area contributed by atoms with Crippen molar-refractivity contribution in [3.8, 4) is 0 Å². The third kappa shape index (κ3) is 6.49. The molecular formula is C29H37F3N8O. The third-order valence-corrected chi connectivity index (χ3v) is 7.68. The van der Waals surface area contributed by atoms with Crippen molar-refractivity contribution in [2.24, 2.45) is 18.6 Å². The van der Waals surface area contributed by atoms with Gasteiger partial charge in [0, 0.05) is 67.6 Å². The summed E-state index contributed by atoms with van der Waals surface area (Å²) < 4.78 is 43.8. The quantitative estimate of drug-likeness (QED) is 0.286. The maximum atomic E-state index is 14.0. The number of aromatic nitrogens is 2. The molecule has 1 aromatic heterocycles. The number of hydrazine groups is 1. The molecule has 3 aromatic rings. The van der Waals surface area contributed by atoms with Gasteiger partial charge in [-0.05, 0) is 62.7 Å². The highest BCUT2D eigenvalue weighted by Gasteiger charge is 2.35. The molecule has 1 fully saturated rings. The molecule has 9 nitrogen and oxygen atoms in total. The normalized spacial score (nSPS) is 14.9. The number of halogens is 3. The molecule has 12 heteroatoms. The zero-order chi connectivity index (χ0) is 30.1. The van der Waals surface area contributed by atoms with Crippen molar-refractivity contribution >= 4 is 28.7 Å². The van der Waals surface area contributed by atoms with Gasteiger partial charge in [0.1, 0.15) is 0 Å². The van der Waals surface area contributed by atoms with Crippen LogP contribution in [0.3, 0.4) is 0 Å². The van der Waals surface area contributed by atoms with Crippen molar-refractivity contribution in [2.75, 3.05) is 47.9 Å². The number of benzene rings is 2. The van der Waals surface area contributed by atoms with Crippen LogP contribution in [-0.2, 0) is 13.2 Å². The van der Waals surface area contributed by atoms with Crippen LogP contribution in [0.5, 0.6) is 0 Å². The molecule has 1 amide bonds. The van der Waals surface area contributed by atoms with Crippen LogP contribution in [0.2, 0.25) is 0 Å². The van der Waals surface area contributed by atoms with Crippen LogP contribution in [0.15, 0.2) is 42.7 Å². The molecule has 0 spiro atoms. The van der Waals surface area contributed by atoms with Crippen LogP contribution in [0.1, 0.15) is 45.2 Å². The number of anilines is 3. The van der Waals surface area contributed by atoms with Gasteiger partial charge in [0.2, 0.25) is 0 Å². The molecule has 0 atom stereocenters. The Morgan fingerprint density at radius 3 is 2.39 bits per heavy atom. The van der Waals surface area contributed by atoms with Crippen molar-refractivity contribution < 1.29 is 18.0 Å². The Labute approximate surface area is 238 Å². The molecule has 2 heterocycles. The van der Waals surface area contributed by atoms with E-state index < -0.39 is 17.6 Å². The number of alkyl halides is 3. The molecular weight excluding hydrogens is 533 g/mol. The SMILES string of the molecule is CCN1CCN(c2cc(C(=O)Nc3ccc(C)c(N(N)/C=C(\N)c4cnn(C)c4C)c3)cc(C(F)(F)F)c2C)CC1. The van der Waals surface area contributed by atoms with E-state index in [1.807, 2.05) is 25.8 Å². The Morgan fingerprint density at radius 2 is 1.80 bits per heavy atom. The molecule has 1 saturated heterocycles. The Bertz CT molecular complexity index is 1450. The molecule has 4 rings (SSSR count). The lowest BCUT2D eigenvalue weighted by Gasteiger charge is -2.37. The summed E-state index contributed by atoms with van der Waals surface area (Å²) in [6.45, 7) is 10.8. The van der Waals surface area contributed by atoms with Gasteiger partial charge in [0.25, 0.3) is 5.91 Å². The van der Waals surface area contributed by atoms with E-state index in [4.69, 9.17) is 11.6 Å². The second-order valence-electron chi connectivity index (χ2n) is 10.3. The molecule has 2 aromatic carbocycles. The van der Waals surface area contributed by atoms with Gasteiger partial charge in [0.15, 0.2) is 0 Å². The Morgan fingerprint density at radius 1 is 1.12 bits per heavy atom. The highest BCUT2D eigenvalue weighted by atomic mass is 19.4. The number of nitrogens with two attached hydrogens (primary N) is 2. The first kappa shape index (κ1) is 29.9. The number of nitrogens with one attached hydrogen (secondary N) is 1. The minimum Gasteiger partial charge on any atom is -0.397 e. The number of rotatable bonds is 7. The average Bonchev–Trinajstić information content (AvgIpc) is 3.27. The Hall–Kier alpha value is -4.03. The topological polar surface area (TPSA) is 109 Å². The summed E-state index contributed by atoms with van der Waals surface area (Å²) in [6.07, 6.45) is -1.40. The van der Waals surface area contributed by atoms with Crippen LogP contribution >= 0.6 is 0 Å². The number of nitrogens with zero attached hydrogens (tertiary/aromatic N) is 5. The van der Waals surface area contributed by atoms with E-state index in [-0.39, 0.29) is 11.1 Å². The lowest BCUT2D eigenvalue weighted by Crippen LogP contribution is -2.46. The summed E-state index contributed by atoms with van der Waals surface area (Å²) in [7, 11) is 1.81. The molecule has 0 bridgehead atoms. The van der Waals surface area contributed by atoms with Crippen LogP contribution in [-0.4, -0.2) is 53.3 Å². The molecule has 1 aliphatic heterocycles. The van der Waals surface area contributed by atoms with Gasteiger partial charge in [-0.2, -0.15) is 18.3 Å². The molecule has 1 aliphatic rings. The summed E-state index contributed by atoms with van der Waals surface area (Å²) in [5.41, 5.74) is 9.65. The highest BCUT2D eigenvalue weighted by molar-refractivity contribution is 6.05. The summed E-state index contributed by atoms with van der Waals surface area (Å²) in [4.78, 5) is 17.5. The maximum Gasteiger partial charge on any atom is 0.416 e. The van der Waals surface area contributed by atoms with E-state index in [0.29, 0.717) is 35.8 Å². The minimum absolute atomic E-state index is 0.0706. The number of carbonyl (C=O) groups is 1. The van der Waals surface area contributed by atoms with Gasteiger partial charge in [-0.3, -0.25) is 14.5 Å². The standard InChI is InChI=1S/C29H37F3N8O/c1-6-38-9-11-39(12-10-38)27-14-21(13-24(19(27)3)29(30,31)32)28(41)36-22-8-7-18(2)26(15-22)40(34)17-25(33)23-16-35-37(5)20(23)4/h7-8,13-17H,6,9-12,33-34H2,1-5H3,(H,36,41)/b25-17-. The molecule has 0 unspecified atom stereocenters. The van der Waals surface area contributed by atoms with Gasteiger partial charge in [-0.15, -0.1) is 0 Å². The van der Waals surface area contributed by atoms with E-state index in [1.165, 1.54) is 11.9 Å². The second kappa shape index (κ2) is 11.8. The lowest BCUT2D eigenvalue weighted by atomic mass is 10.00. The van der Waals surface area contributed by atoms with E-state index in [1.54, 1.807) is 41.3 Å². The number of amides is 1. The highest BCUT2D eigenvalue weighted by Crippen LogP contribution is 2.37. The van der Waals surface area contributed by atoms with Gasteiger partial charge in [-0.1, -0.05) is 13.0 Å². The van der Waals surface area contributed by atoms with Crippen LogP contribution in [0.25, 0.3) is 5.70 Å². The van der Waals surface area contributed by atoms with Crippen molar-refractivity contribution in [1.29, 1.82) is 0 Å². The lowest BCUT2D eigenvalue weighted by molar-refractivity contribution is -0.138. The van der Waals surface area contributed by atoms with E-state index in [2.05, 4.69) is 22.2 Å². The minimum atomic E-state index is -4.60. The fourth-order valence-electron chi connectivity index (χ4n) is 5.00. The van der Waals surface area contributed by atoms with E-state index in [0.717, 1.165) is 42.5 Å². The van der Waals surface area contributed by atoms with Gasteiger partial charge in [0.05, 0.1) is 23.1 Å². The molecule has 5 N–H and O–H groups in total. The van der Waals surface area contributed by atoms with Gasteiger partial charge < -0.3 is 20.9 Å². The van der Waals surface area contributed by atoms with Crippen molar-refractivity contribution in [1.82, 2.24) is 14.7 Å².